The van der Waals surface area contributed by atoms with Gasteiger partial charge in [-0.05, 0) is 30.1 Å². The molecule has 0 atom stereocenters. The van der Waals surface area contributed by atoms with E-state index in [1.54, 1.807) is 18.5 Å². The summed E-state index contributed by atoms with van der Waals surface area (Å²) in [6.45, 7) is 7.54. The number of ether oxygens (including phenoxy) is 1. The van der Waals surface area contributed by atoms with Gasteiger partial charge in [-0.15, -0.1) is 10.2 Å². The minimum absolute atomic E-state index is 0.435. The number of carbonyl (C=O) groups is 2. The van der Waals surface area contributed by atoms with Gasteiger partial charge >= 0.3 is 11.9 Å². The Kier molecular flexibility index (Phi) is 8.40. The molecular weight excluding hydrogens is 508 g/mol. The molecule has 1 aliphatic heterocycles. The van der Waals surface area contributed by atoms with E-state index in [4.69, 9.17) is 29.0 Å². The van der Waals surface area contributed by atoms with Crippen LogP contribution in [0.25, 0.3) is 21.7 Å². The first-order chi connectivity index (χ1) is 17.4. The van der Waals surface area contributed by atoms with Crippen LogP contribution in [0.4, 0.5) is 5.82 Å². The molecule has 1 fully saturated rings. The molecule has 3 aromatic heterocycles. The maximum absolute atomic E-state index is 9.10. The lowest BCUT2D eigenvalue weighted by Gasteiger charge is -2.35. The fourth-order valence-corrected chi connectivity index (χ4v) is 5.02. The van der Waals surface area contributed by atoms with Gasteiger partial charge in [0.2, 0.25) is 5.89 Å². The molecule has 190 valence electrons. The topological polar surface area (TPSA) is 155 Å². The molecule has 4 heterocycles. The van der Waals surface area contributed by atoms with E-state index >= 15 is 0 Å². The summed E-state index contributed by atoms with van der Waals surface area (Å²) < 4.78 is 17.1. The van der Waals surface area contributed by atoms with Crippen LogP contribution in [-0.2, 0) is 9.59 Å². The average Bonchev–Trinajstić information content (AvgIpc) is 3.62. The third kappa shape index (κ3) is 6.53. The highest BCUT2D eigenvalue weighted by atomic mass is 32.1. The number of benzene rings is 1. The molecule has 1 saturated heterocycles. The Balaban J connectivity index is 0.000000455. The molecule has 14 heteroatoms. The monoisotopic (exact) mass is 532 g/mol. The number of rotatable bonds is 7. The van der Waals surface area contributed by atoms with Crippen molar-refractivity contribution in [3.05, 3.63) is 35.5 Å². The van der Waals surface area contributed by atoms with Gasteiger partial charge in [0, 0.05) is 50.4 Å². The van der Waals surface area contributed by atoms with Crippen LogP contribution < -0.4 is 9.64 Å². The first kappa shape index (κ1) is 25.5. The molecule has 1 aliphatic rings. The van der Waals surface area contributed by atoms with Crippen molar-refractivity contribution >= 4 is 50.7 Å². The van der Waals surface area contributed by atoms with Crippen LogP contribution in [0.1, 0.15) is 12.3 Å². The summed E-state index contributed by atoms with van der Waals surface area (Å²) in [6.07, 6.45) is 0.966. The number of hydrogen-bond acceptors (Lipinski definition) is 12. The zero-order valence-electron chi connectivity index (χ0n) is 19.4. The third-order valence-electron chi connectivity index (χ3n) is 5.29. The average molecular weight is 533 g/mol. The molecule has 2 N–H and O–H groups in total. The minimum Gasteiger partial charge on any atom is -0.473 e. The second-order valence-corrected chi connectivity index (χ2v) is 9.39. The van der Waals surface area contributed by atoms with E-state index in [0.29, 0.717) is 29.3 Å². The highest BCUT2D eigenvalue weighted by Gasteiger charge is 2.20. The number of nitrogens with zero attached hydrogens (tertiary/aromatic N) is 6. The van der Waals surface area contributed by atoms with E-state index in [1.165, 1.54) is 21.4 Å². The SMILES string of the molecule is Cc1nnc(-c2csc(OCCCN3CCN(c4nsc5ccccc45)CC3)n2)o1.O=C(O)C(=O)O. The van der Waals surface area contributed by atoms with Gasteiger partial charge in [-0.3, -0.25) is 4.90 Å². The van der Waals surface area contributed by atoms with Crippen molar-refractivity contribution in [1.82, 2.24) is 24.5 Å². The molecule has 0 aliphatic carbocycles. The van der Waals surface area contributed by atoms with Crippen molar-refractivity contribution in [3.63, 3.8) is 0 Å². The lowest BCUT2D eigenvalue weighted by molar-refractivity contribution is -0.159. The van der Waals surface area contributed by atoms with Gasteiger partial charge in [-0.25, -0.2) is 9.59 Å². The fourth-order valence-electron chi connectivity index (χ4n) is 3.55. The number of carboxylic acids is 2. The molecule has 0 unspecified atom stereocenters. The van der Waals surface area contributed by atoms with Gasteiger partial charge in [0.15, 0.2) is 0 Å². The van der Waals surface area contributed by atoms with E-state index in [9.17, 15) is 0 Å². The van der Waals surface area contributed by atoms with Crippen molar-refractivity contribution in [1.29, 1.82) is 0 Å². The first-order valence-corrected chi connectivity index (χ1v) is 12.7. The summed E-state index contributed by atoms with van der Waals surface area (Å²) in [5.74, 6) is -1.55. The van der Waals surface area contributed by atoms with E-state index in [2.05, 4.69) is 53.6 Å². The normalized spacial score (nSPS) is 13.9. The molecule has 0 amide bonds. The Morgan fingerprint density at radius 3 is 2.56 bits per heavy atom. The van der Waals surface area contributed by atoms with Crippen molar-refractivity contribution in [2.75, 3.05) is 44.2 Å². The second kappa shape index (κ2) is 11.9. The Morgan fingerprint density at radius 1 is 1.11 bits per heavy atom. The standard InChI is InChI=1S/C20H22N6O2S2.C2H2O4/c1-14-22-23-19(28-14)16-13-29-20(21-16)27-12-4-7-25-8-10-26(11-9-25)18-15-5-2-3-6-17(15)30-24-18;3-1(4)2(5)6/h2-3,5-6,13H,4,7-12H2,1H3;(H,3,4)(H,5,6). The van der Waals surface area contributed by atoms with Crippen LogP contribution in [0, 0.1) is 6.92 Å². The van der Waals surface area contributed by atoms with Gasteiger partial charge in [-0.2, -0.15) is 9.36 Å². The first-order valence-electron chi connectivity index (χ1n) is 11.1. The molecule has 0 saturated carbocycles. The number of piperazine rings is 1. The molecule has 12 nitrogen and oxygen atoms in total. The van der Waals surface area contributed by atoms with Gasteiger partial charge in [0.1, 0.15) is 11.5 Å². The highest BCUT2D eigenvalue weighted by Crippen LogP contribution is 2.30. The molecule has 5 rings (SSSR count). The molecule has 0 radical (unpaired) electrons. The second-order valence-electron chi connectivity index (χ2n) is 7.77. The van der Waals surface area contributed by atoms with Gasteiger partial charge in [-0.1, -0.05) is 23.5 Å². The molecule has 0 bridgehead atoms. The molecule has 36 heavy (non-hydrogen) atoms. The number of thiazole rings is 1. The highest BCUT2D eigenvalue weighted by molar-refractivity contribution is 7.13. The Bertz CT molecular complexity index is 1300. The largest absolute Gasteiger partial charge is 0.473 e. The number of anilines is 1. The van der Waals surface area contributed by atoms with Crippen LogP contribution >= 0.6 is 22.9 Å². The number of aliphatic carboxylic acids is 2. The van der Waals surface area contributed by atoms with Crippen molar-refractivity contribution < 1.29 is 29.0 Å². The predicted octanol–water partition coefficient (Wildman–Crippen LogP) is 2.86. The lowest BCUT2D eigenvalue weighted by atomic mass is 10.2. The molecule has 0 spiro atoms. The van der Waals surface area contributed by atoms with E-state index in [-0.39, 0.29) is 0 Å². The van der Waals surface area contributed by atoms with Gasteiger partial charge in [0.05, 0.1) is 11.3 Å². The van der Waals surface area contributed by atoms with Crippen molar-refractivity contribution in [3.8, 4) is 16.8 Å². The maximum Gasteiger partial charge on any atom is 0.414 e. The molecule has 4 aromatic rings. The Hall–Kier alpha value is -3.62. The summed E-state index contributed by atoms with van der Waals surface area (Å²) in [6, 6.07) is 8.47. The third-order valence-corrected chi connectivity index (χ3v) is 6.85. The Labute approximate surface area is 213 Å². The van der Waals surface area contributed by atoms with E-state index in [1.807, 2.05) is 5.38 Å². The van der Waals surface area contributed by atoms with Crippen LogP contribution in [-0.4, -0.2) is 85.9 Å². The van der Waals surface area contributed by atoms with E-state index < -0.39 is 11.9 Å². The number of carboxylic acid groups (broad SMARTS) is 2. The lowest BCUT2D eigenvalue weighted by Crippen LogP contribution is -2.47. The quantitative estimate of drug-likeness (QED) is 0.265. The Morgan fingerprint density at radius 2 is 1.86 bits per heavy atom. The summed E-state index contributed by atoms with van der Waals surface area (Å²) in [5.41, 5.74) is 0.668. The van der Waals surface area contributed by atoms with Gasteiger partial charge in [0.25, 0.3) is 11.1 Å². The van der Waals surface area contributed by atoms with Crippen LogP contribution in [0.2, 0.25) is 0 Å². The van der Waals surface area contributed by atoms with Crippen LogP contribution in [0.15, 0.2) is 34.1 Å². The summed E-state index contributed by atoms with van der Waals surface area (Å²) in [4.78, 5) is 27.5. The zero-order valence-corrected chi connectivity index (χ0v) is 21.0. The minimum atomic E-state index is -1.82. The zero-order chi connectivity index (χ0) is 25.5. The number of aromatic nitrogens is 4. The van der Waals surface area contributed by atoms with Crippen molar-refractivity contribution in [2.45, 2.75) is 13.3 Å². The fraction of sp³-hybridized carbons (Fsp3) is 0.364. The van der Waals surface area contributed by atoms with Gasteiger partial charge < -0.3 is 24.3 Å². The number of hydrogen-bond donors (Lipinski definition) is 2. The maximum atomic E-state index is 9.10. The molecular formula is C22H24N6O6S2. The van der Waals surface area contributed by atoms with Crippen LogP contribution in [0.5, 0.6) is 5.19 Å². The summed E-state index contributed by atoms with van der Waals surface area (Å²) in [7, 11) is 0. The predicted molar refractivity (Wildman–Crippen MR) is 134 cm³/mol. The summed E-state index contributed by atoms with van der Waals surface area (Å²) in [5, 5.41) is 26.4. The van der Waals surface area contributed by atoms with Crippen LogP contribution in [0.3, 0.4) is 0 Å². The number of fused-ring (bicyclic) bond motifs is 1. The molecule has 1 aromatic carbocycles. The smallest absolute Gasteiger partial charge is 0.414 e. The van der Waals surface area contributed by atoms with E-state index in [0.717, 1.165) is 45.0 Å². The van der Waals surface area contributed by atoms with Crippen molar-refractivity contribution in [2.24, 2.45) is 0 Å². The summed E-state index contributed by atoms with van der Waals surface area (Å²) >= 11 is 3.04. The number of aryl methyl sites for hydroxylation is 1.